The van der Waals surface area contributed by atoms with E-state index < -0.39 is 5.91 Å². The number of carbonyl (C=O) groups is 1. The smallest absolute Gasteiger partial charge is 0.297 e. The number of halogens is 2. The number of carbonyl (C=O) groups excluding carboxylic acids is 1. The third kappa shape index (κ3) is 3.09. The summed E-state index contributed by atoms with van der Waals surface area (Å²) in [5, 5.41) is 2.48. The van der Waals surface area contributed by atoms with Crippen molar-refractivity contribution in [3.05, 3.63) is 15.4 Å². The Morgan fingerprint density at radius 3 is 2.86 bits per heavy atom. The quantitative estimate of drug-likeness (QED) is 0.805. The van der Waals surface area contributed by atoms with Crippen molar-refractivity contribution in [3.8, 4) is 11.8 Å². The van der Waals surface area contributed by atoms with Crippen molar-refractivity contribution < 1.29 is 4.79 Å². The third-order valence-electron chi connectivity index (χ3n) is 1.17. The third-order valence-corrected chi connectivity index (χ3v) is 2.11. The maximum atomic E-state index is 11.1. The summed E-state index contributed by atoms with van der Waals surface area (Å²) in [5.74, 6) is 4.76. The highest BCUT2D eigenvalue weighted by molar-refractivity contribution is 9.11. The van der Waals surface area contributed by atoms with Crippen molar-refractivity contribution in [1.82, 2.24) is 9.97 Å². The average Bonchev–Trinajstić information content (AvgIpc) is 2.10. The summed E-state index contributed by atoms with van der Waals surface area (Å²) in [5.41, 5.74) is 0. The summed E-state index contributed by atoms with van der Waals surface area (Å²) in [6.45, 7) is 1.59. The monoisotopic (exact) mass is 317 g/mol. The minimum absolute atomic E-state index is 0.348. The number of amides is 1. The van der Waals surface area contributed by atoms with Crippen LogP contribution in [0.5, 0.6) is 0 Å². The fourth-order valence-corrected chi connectivity index (χ4v) is 1.59. The van der Waals surface area contributed by atoms with Crippen LogP contribution in [0.2, 0.25) is 0 Å². The lowest BCUT2D eigenvalue weighted by Crippen LogP contribution is -2.10. The summed E-state index contributed by atoms with van der Waals surface area (Å²) < 4.78 is 1.04. The fourth-order valence-electron chi connectivity index (χ4n) is 0.683. The molecule has 1 heterocycles. The highest BCUT2D eigenvalue weighted by atomic mass is 79.9. The average molecular weight is 319 g/mol. The molecule has 0 spiro atoms. The van der Waals surface area contributed by atoms with E-state index in [4.69, 9.17) is 0 Å². The molecule has 1 N–H and O–H groups in total. The van der Waals surface area contributed by atoms with Crippen molar-refractivity contribution in [2.24, 2.45) is 0 Å². The van der Waals surface area contributed by atoms with Crippen LogP contribution in [0.3, 0.4) is 0 Å². The molecule has 4 nitrogen and oxygen atoms in total. The van der Waals surface area contributed by atoms with E-state index in [9.17, 15) is 4.79 Å². The van der Waals surface area contributed by atoms with Gasteiger partial charge in [-0.3, -0.25) is 10.1 Å². The number of anilines is 1. The van der Waals surface area contributed by atoms with Crippen molar-refractivity contribution in [3.63, 3.8) is 0 Å². The predicted molar refractivity (Wildman–Crippen MR) is 59.5 cm³/mol. The van der Waals surface area contributed by atoms with E-state index in [0.717, 1.165) is 0 Å². The minimum atomic E-state index is -0.412. The van der Waals surface area contributed by atoms with Gasteiger partial charge in [0.25, 0.3) is 0 Å². The molecular weight excluding hydrogens is 314 g/mol. The van der Waals surface area contributed by atoms with Gasteiger partial charge in [0.1, 0.15) is 9.21 Å². The lowest BCUT2D eigenvalue weighted by molar-refractivity contribution is -0.111. The second-order valence-corrected chi connectivity index (χ2v) is 3.72. The first-order valence-electron chi connectivity index (χ1n) is 3.55. The molecule has 0 fully saturated rings. The molecule has 6 heteroatoms. The van der Waals surface area contributed by atoms with E-state index in [1.165, 1.54) is 6.20 Å². The summed E-state index contributed by atoms with van der Waals surface area (Å²) in [6.07, 6.45) is 1.49. The molecule has 0 aliphatic rings. The van der Waals surface area contributed by atoms with Crippen LogP contribution >= 0.6 is 31.9 Å². The Kier molecular flexibility index (Phi) is 4.04. The molecule has 0 saturated heterocycles. The zero-order chi connectivity index (χ0) is 10.6. The Hall–Kier alpha value is -0.930. The fraction of sp³-hybridized carbons (Fsp3) is 0.125. The molecule has 1 aromatic rings. The van der Waals surface area contributed by atoms with E-state index in [1.807, 2.05) is 0 Å². The number of hydrogen-bond donors (Lipinski definition) is 1. The van der Waals surface area contributed by atoms with E-state index >= 15 is 0 Å². The van der Waals surface area contributed by atoms with Crippen LogP contribution in [0.25, 0.3) is 0 Å². The molecule has 1 rings (SSSR count). The number of rotatable bonds is 1. The van der Waals surface area contributed by atoms with Gasteiger partial charge in [-0.05, 0) is 44.7 Å². The minimum Gasteiger partial charge on any atom is -0.297 e. The van der Waals surface area contributed by atoms with Gasteiger partial charge in [0, 0.05) is 0 Å². The molecule has 0 radical (unpaired) electrons. The summed E-state index contributed by atoms with van der Waals surface area (Å²) >= 11 is 6.31. The topological polar surface area (TPSA) is 54.9 Å². The van der Waals surface area contributed by atoms with Gasteiger partial charge in [-0.2, -0.15) is 0 Å². The summed E-state index contributed by atoms with van der Waals surface area (Å²) in [6, 6.07) is 0. The molecule has 0 atom stereocenters. The SMILES string of the molecule is CC#CC(=O)Nc1ncc(Br)nc1Br. The van der Waals surface area contributed by atoms with Crippen molar-refractivity contribution in [2.45, 2.75) is 6.92 Å². The first kappa shape index (κ1) is 11.1. The Morgan fingerprint density at radius 1 is 1.57 bits per heavy atom. The van der Waals surface area contributed by atoms with E-state index in [2.05, 4.69) is 59.0 Å². The standard InChI is InChI=1S/C8H5Br2N3O/c1-2-3-6(14)13-8-7(10)12-5(9)4-11-8/h4H,1H3,(H,11,13,14). The Bertz CT molecular complexity index is 422. The van der Waals surface area contributed by atoms with Gasteiger partial charge in [0.15, 0.2) is 5.82 Å². The predicted octanol–water partition coefficient (Wildman–Crippen LogP) is 1.96. The molecule has 0 bridgehead atoms. The van der Waals surface area contributed by atoms with Crippen LogP contribution in [0.15, 0.2) is 15.4 Å². The van der Waals surface area contributed by atoms with Gasteiger partial charge in [-0.15, -0.1) is 0 Å². The van der Waals surface area contributed by atoms with Crippen LogP contribution in [0.4, 0.5) is 5.82 Å². The maximum Gasteiger partial charge on any atom is 0.301 e. The molecule has 72 valence electrons. The van der Waals surface area contributed by atoms with Gasteiger partial charge in [-0.25, -0.2) is 9.97 Å². The highest BCUT2D eigenvalue weighted by Gasteiger charge is 2.05. The first-order chi connectivity index (χ1) is 6.63. The highest BCUT2D eigenvalue weighted by Crippen LogP contribution is 2.18. The number of nitrogens with one attached hydrogen (secondary N) is 1. The summed E-state index contributed by atoms with van der Waals surface area (Å²) in [4.78, 5) is 19.0. The molecule has 0 unspecified atom stereocenters. The lowest BCUT2D eigenvalue weighted by atomic mass is 10.5. The van der Waals surface area contributed by atoms with Crippen LogP contribution in [0.1, 0.15) is 6.92 Å². The van der Waals surface area contributed by atoms with Crippen LogP contribution in [-0.2, 0) is 4.79 Å². The van der Waals surface area contributed by atoms with Gasteiger partial charge < -0.3 is 0 Å². The zero-order valence-corrected chi connectivity index (χ0v) is 10.3. The number of aromatic nitrogens is 2. The molecular formula is C8H5Br2N3O. The van der Waals surface area contributed by atoms with Crippen molar-refractivity contribution in [2.75, 3.05) is 5.32 Å². The number of hydrogen-bond acceptors (Lipinski definition) is 3. The van der Waals surface area contributed by atoms with E-state index in [0.29, 0.717) is 15.0 Å². The summed E-state index contributed by atoms with van der Waals surface area (Å²) in [7, 11) is 0. The molecule has 0 aromatic carbocycles. The van der Waals surface area contributed by atoms with Crippen molar-refractivity contribution >= 4 is 43.6 Å². The molecule has 0 aliphatic heterocycles. The molecule has 14 heavy (non-hydrogen) atoms. The number of nitrogens with zero attached hydrogens (tertiary/aromatic N) is 2. The van der Waals surface area contributed by atoms with E-state index in [1.54, 1.807) is 6.92 Å². The Morgan fingerprint density at radius 2 is 2.29 bits per heavy atom. The maximum absolute atomic E-state index is 11.1. The first-order valence-corrected chi connectivity index (χ1v) is 5.14. The van der Waals surface area contributed by atoms with Gasteiger partial charge in [0.05, 0.1) is 6.20 Å². The second kappa shape index (κ2) is 5.08. The van der Waals surface area contributed by atoms with Crippen LogP contribution in [-0.4, -0.2) is 15.9 Å². The van der Waals surface area contributed by atoms with Crippen LogP contribution in [0, 0.1) is 11.8 Å². The van der Waals surface area contributed by atoms with E-state index in [-0.39, 0.29) is 0 Å². The molecule has 1 aromatic heterocycles. The van der Waals surface area contributed by atoms with Gasteiger partial charge >= 0.3 is 5.91 Å². The van der Waals surface area contributed by atoms with Gasteiger partial charge in [0.2, 0.25) is 0 Å². The zero-order valence-electron chi connectivity index (χ0n) is 7.14. The molecule has 0 saturated carbocycles. The largest absolute Gasteiger partial charge is 0.301 e. The molecule has 0 aliphatic carbocycles. The second-order valence-electron chi connectivity index (χ2n) is 2.16. The Balaban J connectivity index is 2.85. The lowest BCUT2D eigenvalue weighted by Gasteiger charge is -2.01. The van der Waals surface area contributed by atoms with Crippen LogP contribution < -0.4 is 5.32 Å². The Labute approximate surface area is 97.8 Å². The normalized spacial score (nSPS) is 8.79. The van der Waals surface area contributed by atoms with Crippen molar-refractivity contribution in [1.29, 1.82) is 0 Å². The molecule has 1 amide bonds. The van der Waals surface area contributed by atoms with Gasteiger partial charge in [-0.1, -0.05) is 5.92 Å².